The van der Waals surface area contributed by atoms with Gasteiger partial charge in [0.15, 0.2) is 0 Å². The van der Waals surface area contributed by atoms with Gasteiger partial charge in [-0.1, -0.05) is 19.4 Å². The van der Waals surface area contributed by atoms with Crippen LogP contribution in [0.15, 0.2) is 33.5 Å². The van der Waals surface area contributed by atoms with E-state index in [1.807, 2.05) is 12.1 Å². The number of benzene rings is 1. The number of likely N-dealkylation sites (tertiary alicyclic amines) is 2. The van der Waals surface area contributed by atoms with Crippen molar-refractivity contribution in [3.8, 4) is 0 Å². The average molecular weight is 340 g/mol. The SMILES string of the molecule is CCc1ccc2oc(=O)cc(CN3CC(N4CCCCC4C)C3)c2c1. The van der Waals surface area contributed by atoms with Crippen LogP contribution in [0, 0.1) is 0 Å². The Morgan fingerprint density at radius 1 is 1.20 bits per heavy atom. The third-order valence-corrected chi connectivity index (χ3v) is 5.96. The molecule has 2 aliphatic rings. The normalized spacial score (nSPS) is 23.0. The summed E-state index contributed by atoms with van der Waals surface area (Å²) in [4.78, 5) is 17.1. The number of hydrogen-bond acceptors (Lipinski definition) is 4. The summed E-state index contributed by atoms with van der Waals surface area (Å²) in [6.07, 6.45) is 5.04. The smallest absolute Gasteiger partial charge is 0.336 e. The van der Waals surface area contributed by atoms with Crippen molar-refractivity contribution in [2.45, 2.75) is 58.2 Å². The van der Waals surface area contributed by atoms with Gasteiger partial charge in [0.05, 0.1) is 0 Å². The Morgan fingerprint density at radius 2 is 2.04 bits per heavy atom. The van der Waals surface area contributed by atoms with E-state index >= 15 is 0 Å². The van der Waals surface area contributed by atoms with Gasteiger partial charge in [0, 0.05) is 43.2 Å². The summed E-state index contributed by atoms with van der Waals surface area (Å²) in [6.45, 7) is 8.83. The highest BCUT2D eigenvalue weighted by atomic mass is 16.4. The van der Waals surface area contributed by atoms with Gasteiger partial charge in [0.2, 0.25) is 0 Å². The zero-order chi connectivity index (χ0) is 17.4. The molecule has 4 nitrogen and oxygen atoms in total. The van der Waals surface area contributed by atoms with Crippen LogP contribution in [0.2, 0.25) is 0 Å². The summed E-state index contributed by atoms with van der Waals surface area (Å²) in [5, 5.41) is 1.09. The van der Waals surface area contributed by atoms with E-state index in [-0.39, 0.29) is 5.63 Å². The molecule has 0 radical (unpaired) electrons. The standard InChI is InChI=1S/C21H28N2O2/c1-3-16-7-8-20-19(10-16)17(11-21(24)25-20)12-22-13-18(14-22)23-9-5-4-6-15(23)2/h7-8,10-11,15,18H,3-6,9,12-14H2,1-2H3. The highest BCUT2D eigenvalue weighted by Crippen LogP contribution is 2.27. The first kappa shape index (κ1) is 16.8. The van der Waals surface area contributed by atoms with Crippen LogP contribution in [0.1, 0.15) is 44.2 Å². The monoisotopic (exact) mass is 340 g/mol. The average Bonchev–Trinajstić information content (AvgIpc) is 2.58. The Bertz CT molecular complexity index is 807. The van der Waals surface area contributed by atoms with E-state index < -0.39 is 0 Å². The lowest BCUT2D eigenvalue weighted by Gasteiger charge is -2.49. The Morgan fingerprint density at radius 3 is 2.80 bits per heavy atom. The number of hydrogen-bond donors (Lipinski definition) is 0. The maximum absolute atomic E-state index is 11.9. The first-order valence-corrected chi connectivity index (χ1v) is 9.68. The molecule has 25 heavy (non-hydrogen) atoms. The molecule has 4 heteroatoms. The minimum absolute atomic E-state index is 0.242. The molecule has 0 amide bonds. The highest BCUT2D eigenvalue weighted by molar-refractivity contribution is 5.80. The van der Waals surface area contributed by atoms with Crippen LogP contribution in [0.4, 0.5) is 0 Å². The highest BCUT2D eigenvalue weighted by Gasteiger charge is 2.35. The van der Waals surface area contributed by atoms with Crippen molar-refractivity contribution in [3.63, 3.8) is 0 Å². The second-order valence-corrected chi connectivity index (χ2v) is 7.71. The molecule has 2 aliphatic heterocycles. The zero-order valence-electron chi connectivity index (χ0n) is 15.3. The van der Waals surface area contributed by atoms with Gasteiger partial charge in [0.1, 0.15) is 5.58 Å². The number of nitrogens with zero attached hydrogens (tertiary/aromatic N) is 2. The molecule has 3 heterocycles. The van der Waals surface area contributed by atoms with Crippen LogP contribution in [0.3, 0.4) is 0 Å². The third kappa shape index (κ3) is 3.38. The van der Waals surface area contributed by atoms with E-state index in [1.165, 1.54) is 31.4 Å². The van der Waals surface area contributed by atoms with Crippen molar-refractivity contribution >= 4 is 11.0 Å². The summed E-state index contributed by atoms with van der Waals surface area (Å²) < 4.78 is 5.38. The fourth-order valence-electron chi connectivity index (χ4n) is 4.41. The number of fused-ring (bicyclic) bond motifs is 1. The first-order chi connectivity index (χ1) is 12.1. The minimum atomic E-state index is -0.242. The lowest BCUT2D eigenvalue weighted by atomic mass is 9.96. The molecular formula is C21H28N2O2. The molecule has 0 N–H and O–H groups in total. The second kappa shape index (κ2) is 6.93. The van der Waals surface area contributed by atoms with Crippen molar-refractivity contribution in [1.29, 1.82) is 0 Å². The van der Waals surface area contributed by atoms with E-state index in [9.17, 15) is 4.79 Å². The number of piperidine rings is 1. The van der Waals surface area contributed by atoms with Gasteiger partial charge in [-0.3, -0.25) is 9.80 Å². The summed E-state index contributed by atoms with van der Waals surface area (Å²) >= 11 is 0. The topological polar surface area (TPSA) is 36.7 Å². The Kier molecular flexibility index (Phi) is 4.65. The lowest BCUT2D eigenvalue weighted by molar-refractivity contribution is -0.00606. The fraction of sp³-hybridized carbons (Fsp3) is 0.571. The van der Waals surface area contributed by atoms with E-state index in [1.54, 1.807) is 6.07 Å². The van der Waals surface area contributed by atoms with Crippen molar-refractivity contribution in [2.24, 2.45) is 0 Å². The molecule has 1 unspecified atom stereocenters. The predicted molar refractivity (Wildman–Crippen MR) is 101 cm³/mol. The molecule has 4 rings (SSSR count). The van der Waals surface area contributed by atoms with Crippen LogP contribution in [0.5, 0.6) is 0 Å². The van der Waals surface area contributed by atoms with Gasteiger partial charge in [-0.25, -0.2) is 4.79 Å². The molecule has 0 spiro atoms. The summed E-state index contributed by atoms with van der Waals surface area (Å²) in [6, 6.07) is 9.25. The zero-order valence-corrected chi connectivity index (χ0v) is 15.3. The van der Waals surface area contributed by atoms with Crippen molar-refractivity contribution in [2.75, 3.05) is 19.6 Å². The molecule has 2 saturated heterocycles. The van der Waals surface area contributed by atoms with Crippen LogP contribution in [0.25, 0.3) is 11.0 Å². The van der Waals surface area contributed by atoms with Crippen LogP contribution >= 0.6 is 0 Å². The molecule has 0 bridgehead atoms. The van der Waals surface area contributed by atoms with Crippen molar-refractivity contribution < 1.29 is 4.42 Å². The van der Waals surface area contributed by atoms with E-state index in [0.29, 0.717) is 11.6 Å². The molecule has 1 atom stereocenters. The van der Waals surface area contributed by atoms with E-state index in [2.05, 4.69) is 29.7 Å². The van der Waals surface area contributed by atoms with Crippen molar-refractivity contribution in [3.05, 3.63) is 45.8 Å². The quantitative estimate of drug-likeness (QED) is 0.799. The van der Waals surface area contributed by atoms with Crippen LogP contribution < -0.4 is 5.63 Å². The largest absolute Gasteiger partial charge is 0.423 e. The van der Waals surface area contributed by atoms with Gasteiger partial charge < -0.3 is 4.42 Å². The van der Waals surface area contributed by atoms with Crippen LogP contribution in [-0.4, -0.2) is 41.5 Å². The fourth-order valence-corrected chi connectivity index (χ4v) is 4.41. The van der Waals surface area contributed by atoms with Gasteiger partial charge in [-0.2, -0.15) is 0 Å². The Hall–Kier alpha value is -1.65. The lowest BCUT2D eigenvalue weighted by Crippen LogP contribution is -2.61. The first-order valence-electron chi connectivity index (χ1n) is 9.68. The molecule has 1 aromatic carbocycles. The third-order valence-electron chi connectivity index (χ3n) is 5.96. The Labute approximate surface area is 149 Å². The predicted octanol–water partition coefficient (Wildman–Crippen LogP) is 3.41. The molecule has 0 saturated carbocycles. The van der Waals surface area contributed by atoms with Gasteiger partial charge in [-0.05, 0) is 56.0 Å². The molecule has 2 aromatic rings. The molecule has 2 fully saturated rings. The summed E-state index contributed by atoms with van der Waals surface area (Å²) in [5.41, 5.74) is 2.85. The van der Waals surface area contributed by atoms with Gasteiger partial charge in [0.25, 0.3) is 0 Å². The number of aryl methyl sites for hydroxylation is 1. The van der Waals surface area contributed by atoms with Crippen molar-refractivity contribution in [1.82, 2.24) is 9.80 Å². The molecular weight excluding hydrogens is 312 g/mol. The van der Waals surface area contributed by atoms with Gasteiger partial charge in [-0.15, -0.1) is 0 Å². The van der Waals surface area contributed by atoms with E-state index in [0.717, 1.165) is 43.0 Å². The summed E-state index contributed by atoms with van der Waals surface area (Å²) in [5.74, 6) is 0. The maximum atomic E-state index is 11.9. The molecule has 134 valence electrons. The van der Waals surface area contributed by atoms with E-state index in [4.69, 9.17) is 4.42 Å². The van der Waals surface area contributed by atoms with Gasteiger partial charge >= 0.3 is 5.63 Å². The number of rotatable bonds is 4. The molecule has 0 aliphatic carbocycles. The second-order valence-electron chi connectivity index (χ2n) is 7.71. The Balaban J connectivity index is 1.49. The molecule has 1 aromatic heterocycles. The maximum Gasteiger partial charge on any atom is 0.336 e. The minimum Gasteiger partial charge on any atom is -0.423 e. The van der Waals surface area contributed by atoms with Crippen LogP contribution in [-0.2, 0) is 13.0 Å². The summed E-state index contributed by atoms with van der Waals surface area (Å²) in [7, 11) is 0.